The van der Waals surface area contributed by atoms with Crippen LogP contribution in [0, 0.1) is 30.6 Å². The molecule has 1 amide bonds. The van der Waals surface area contributed by atoms with Crippen LogP contribution in [0.1, 0.15) is 53.6 Å². The molecule has 0 radical (unpaired) electrons. The van der Waals surface area contributed by atoms with Crippen molar-refractivity contribution in [2.75, 3.05) is 37.4 Å². The number of carbonyl (C=O) groups excluding carboxylic acids is 1. The number of ether oxygens (including phenoxy) is 1. The van der Waals surface area contributed by atoms with Crippen molar-refractivity contribution in [2.45, 2.75) is 57.0 Å². The van der Waals surface area contributed by atoms with Gasteiger partial charge in [0.15, 0.2) is 0 Å². The van der Waals surface area contributed by atoms with Gasteiger partial charge in [-0.1, -0.05) is 24.3 Å². The average Bonchev–Trinajstić information content (AvgIpc) is 3.88. The molecule has 6 bridgehead atoms. The number of nitrogens with one attached hydrogen (secondary N) is 1. The average molecular weight is 568 g/mol. The van der Waals surface area contributed by atoms with Crippen molar-refractivity contribution in [3.8, 4) is 17.1 Å². The fraction of sp³-hybridized carbons (Fsp3) is 0.485. The molecule has 2 aliphatic heterocycles. The zero-order valence-electron chi connectivity index (χ0n) is 23.9. The van der Waals surface area contributed by atoms with E-state index in [0.29, 0.717) is 30.5 Å². The van der Waals surface area contributed by atoms with E-state index in [9.17, 15) is 4.79 Å². The van der Waals surface area contributed by atoms with Gasteiger partial charge in [0.2, 0.25) is 11.8 Å². The molecule has 7 nitrogen and oxygen atoms in total. The molecule has 1 saturated heterocycles. The summed E-state index contributed by atoms with van der Waals surface area (Å²) in [5.74, 6) is 2.03. The van der Waals surface area contributed by atoms with Crippen molar-refractivity contribution in [3.63, 3.8) is 0 Å². The van der Waals surface area contributed by atoms with E-state index >= 15 is 0 Å². The third kappa shape index (κ3) is 4.41. The lowest BCUT2D eigenvalue weighted by Crippen LogP contribution is -2.40. The lowest BCUT2D eigenvalue weighted by molar-refractivity contribution is 0.0690. The molecule has 41 heavy (non-hydrogen) atoms. The van der Waals surface area contributed by atoms with Gasteiger partial charge in [0.1, 0.15) is 6.10 Å². The Morgan fingerprint density at radius 3 is 2.49 bits per heavy atom. The van der Waals surface area contributed by atoms with Gasteiger partial charge < -0.3 is 9.64 Å². The summed E-state index contributed by atoms with van der Waals surface area (Å²) in [7, 11) is 0. The quantitative estimate of drug-likeness (QED) is 0.389. The lowest BCUT2D eigenvalue weighted by atomic mass is 10.00. The monoisotopic (exact) mass is 567 g/mol. The standard InChI is InChI=1S/C33H37N5O2S/c1-21-5-3-6-22(2)29(21)26-18-28-35-31(34-26)36-41-25-8-4-7-23(17-25)30(39)38-16-15-37(19-24(20-38)40-28)14-9-27-32(10-11-32)33(27)12-13-33/h3-8,17-18,24,27H,9-16,19-20H2,1-2H3,(H,34,35,36)/t24-/m1/s1. The van der Waals surface area contributed by atoms with Crippen LogP contribution >= 0.6 is 11.9 Å². The molecular weight excluding hydrogens is 530 g/mol. The van der Waals surface area contributed by atoms with Crippen molar-refractivity contribution in [3.05, 3.63) is 65.2 Å². The molecular formula is C33H37N5O2S. The van der Waals surface area contributed by atoms with E-state index in [-0.39, 0.29) is 12.0 Å². The van der Waals surface area contributed by atoms with Crippen LogP contribution in [0.4, 0.5) is 5.95 Å². The summed E-state index contributed by atoms with van der Waals surface area (Å²) in [4.78, 5) is 28.9. The van der Waals surface area contributed by atoms with E-state index in [1.807, 2.05) is 35.2 Å². The Balaban J connectivity index is 1.12. The Kier molecular flexibility index (Phi) is 5.91. The van der Waals surface area contributed by atoms with Crippen molar-refractivity contribution in [1.82, 2.24) is 19.8 Å². The number of fused-ring (bicyclic) bond motifs is 7. The highest BCUT2D eigenvalue weighted by molar-refractivity contribution is 8.00. The van der Waals surface area contributed by atoms with Crippen LogP contribution in [-0.2, 0) is 0 Å². The van der Waals surface area contributed by atoms with Crippen molar-refractivity contribution >= 4 is 23.8 Å². The number of aryl methyl sites for hydroxylation is 2. The molecule has 8 heteroatoms. The lowest BCUT2D eigenvalue weighted by Gasteiger charge is -2.25. The van der Waals surface area contributed by atoms with Gasteiger partial charge in [-0.2, -0.15) is 4.98 Å². The molecule has 0 unspecified atom stereocenters. The number of hydrogen-bond donors (Lipinski definition) is 1. The highest BCUT2D eigenvalue weighted by atomic mass is 32.2. The topological polar surface area (TPSA) is 70.6 Å². The van der Waals surface area contributed by atoms with Crippen molar-refractivity contribution in [2.24, 2.45) is 16.7 Å². The smallest absolute Gasteiger partial charge is 0.254 e. The summed E-state index contributed by atoms with van der Waals surface area (Å²) in [5.41, 5.74) is 6.43. The highest BCUT2D eigenvalue weighted by Crippen LogP contribution is 2.93. The van der Waals surface area contributed by atoms with Gasteiger partial charge in [0.25, 0.3) is 5.91 Å². The second-order valence-electron chi connectivity index (χ2n) is 12.9. The maximum absolute atomic E-state index is 13.7. The molecule has 212 valence electrons. The minimum Gasteiger partial charge on any atom is -0.471 e. The number of benzene rings is 2. The summed E-state index contributed by atoms with van der Waals surface area (Å²) in [5, 5.41) is 0. The Hall–Kier alpha value is -3.10. The Labute approximate surface area is 246 Å². The van der Waals surface area contributed by atoms with Crippen LogP contribution in [0.25, 0.3) is 11.3 Å². The molecule has 2 spiro atoms. The maximum Gasteiger partial charge on any atom is 0.254 e. The van der Waals surface area contributed by atoms with Crippen molar-refractivity contribution < 1.29 is 9.53 Å². The van der Waals surface area contributed by atoms with E-state index in [1.54, 1.807) is 0 Å². The summed E-state index contributed by atoms with van der Waals surface area (Å²) >= 11 is 1.41. The van der Waals surface area contributed by atoms with E-state index in [4.69, 9.17) is 14.7 Å². The first-order valence-corrected chi connectivity index (χ1v) is 15.9. The number of aromatic nitrogens is 2. The number of amides is 1. The Bertz CT molecular complexity index is 1500. The second kappa shape index (κ2) is 9.46. The van der Waals surface area contributed by atoms with Gasteiger partial charge in [0.05, 0.1) is 12.2 Å². The SMILES string of the molecule is Cc1cccc(C)c1-c1cc2nc(n1)NSc1cccc(c1)C(=O)N1CCN(CCC3C4(CC4)C34CC4)C[C@H](C1)O2. The summed E-state index contributed by atoms with van der Waals surface area (Å²) < 4.78 is 10.0. The molecule has 1 aromatic heterocycles. The number of rotatable bonds is 4. The van der Waals surface area contributed by atoms with E-state index in [2.05, 4.69) is 41.7 Å². The molecule has 1 atom stereocenters. The molecule has 5 aliphatic rings. The third-order valence-electron chi connectivity index (χ3n) is 10.5. The fourth-order valence-electron chi connectivity index (χ4n) is 8.19. The normalized spacial score (nSPS) is 24.0. The molecule has 8 rings (SSSR count). The minimum absolute atomic E-state index is 0.0622. The predicted molar refractivity (Wildman–Crippen MR) is 161 cm³/mol. The number of nitrogens with zero attached hydrogens (tertiary/aromatic N) is 4. The number of carbonyl (C=O) groups is 1. The zero-order chi connectivity index (χ0) is 27.8. The van der Waals surface area contributed by atoms with Crippen LogP contribution in [0.5, 0.6) is 5.88 Å². The third-order valence-corrected chi connectivity index (χ3v) is 11.3. The zero-order valence-corrected chi connectivity index (χ0v) is 24.7. The number of anilines is 1. The maximum atomic E-state index is 13.7. The summed E-state index contributed by atoms with van der Waals surface area (Å²) in [6.45, 7) is 8.21. The second-order valence-corrected chi connectivity index (χ2v) is 13.7. The fourth-order valence-corrected chi connectivity index (χ4v) is 8.83. The molecule has 3 aliphatic carbocycles. The van der Waals surface area contributed by atoms with Gasteiger partial charge in [-0.05, 0) is 111 Å². The van der Waals surface area contributed by atoms with Crippen LogP contribution in [0.3, 0.4) is 0 Å². The van der Waals surface area contributed by atoms with Gasteiger partial charge in [-0.3, -0.25) is 14.4 Å². The molecule has 2 aromatic carbocycles. The first-order valence-electron chi connectivity index (χ1n) is 15.1. The molecule has 4 fully saturated rings. The van der Waals surface area contributed by atoms with Gasteiger partial charge in [-0.25, -0.2) is 4.98 Å². The van der Waals surface area contributed by atoms with Gasteiger partial charge in [-0.15, -0.1) is 0 Å². The van der Waals surface area contributed by atoms with Crippen molar-refractivity contribution in [1.29, 1.82) is 0 Å². The van der Waals surface area contributed by atoms with Crippen LogP contribution in [-0.4, -0.2) is 64.5 Å². The predicted octanol–water partition coefficient (Wildman–Crippen LogP) is 5.98. The molecule has 3 saturated carbocycles. The highest BCUT2D eigenvalue weighted by Gasteiger charge is 2.85. The largest absolute Gasteiger partial charge is 0.471 e. The van der Waals surface area contributed by atoms with Gasteiger partial charge in [0, 0.05) is 41.7 Å². The Morgan fingerprint density at radius 1 is 0.976 bits per heavy atom. The first-order chi connectivity index (χ1) is 19.9. The first kappa shape index (κ1) is 25.6. The van der Waals surface area contributed by atoms with Crippen LogP contribution in [0.15, 0.2) is 53.4 Å². The van der Waals surface area contributed by atoms with E-state index in [1.165, 1.54) is 55.2 Å². The summed E-state index contributed by atoms with van der Waals surface area (Å²) in [6, 6.07) is 16.1. The van der Waals surface area contributed by atoms with Crippen LogP contribution in [0.2, 0.25) is 0 Å². The molecule has 1 N–H and O–H groups in total. The van der Waals surface area contributed by atoms with E-state index < -0.39 is 0 Å². The minimum atomic E-state index is -0.185. The van der Waals surface area contributed by atoms with Gasteiger partial charge >= 0.3 is 0 Å². The molecule has 3 aromatic rings. The summed E-state index contributed by atoms with van der Waals surface area (Å²) in [6.07, 6.45) is 6.91. The van der Waals surface area contributed by atoms with Crippen LogP contribution < -0.4 is 9.46 Å². The van der Waals surface area contributed by atoms with E-state index in [0.717, 1.165) is 52.5 Å². The number of hydrogen-bond acceptors (Lipinski definition) is 7. The molecule has 3 heterocycles. The Morgan fingerprint density at radius 2 is 1.73 bits per heavy atom.